The summed E-state index contributed by atoms with van der Waals surface area (Å²) in [6, 6.07) is 13.8. The van der Waals surface area contributed by atoms with Gasteiger partial charge in [0.1, 0.15) is 5.75 Å². The molecule has 2 aromatic carbocycles. The molecule has 9 heteroatoms. The molecule has 4 rings (SSSR count). The zero-order valence-electron chi connectivity index (χ0n) is 18.7. The van der Waals surface area contributed by atoms with Crippen molar-refractivity contribution in [2.45, 2.75) is 26.3 Å². The van der Waals surface area contributed by atoms with Gasteiger partial charge in [-0.05, 0) is 36.3 Å². The Hall–Kier alpha value is -3.30. The van der Waals surface area contributed by atoms with E-state index in [4.69, 9.17) is 9.47 Å². The predicted octanol–water partition coefficient (Wildman–Crippen LogP) is 3.49. The number of benzene rings is 2. The Kier molecular flexibility index (Phi) is 6.95. The average Bonchev–Trinajstić information content (AvgIpc) is 3.14. The first kappa shape index (κ1) is 23.8. The molecule has 0 saturated carbocycles. The Morgan fingerprint density at radius 2 is 1.94 bits per heavy atom. The van der Waals surface area contributed by atoms with Crippen molar-refractivity contribution in [1.82, 2.24) is 4.57 Å². The van der Waals surface area contributed by atoms with Crippen LogP contribution >= 0.6 is 27.3 Å². The van der Waals surface area contributed by atoms with Crippen LogP contribution < -0.4 is 19.6 Å². The molecule has 0 amide bonds. The van der Waals surface area contributed by atoms with Gasteiger partial charge in [0.05, 0.1) is 29.0 Å². The first-order valence-corrected chi connectivity index (χ1v) is 12.1. The van der Waals surface area contributed by atoms with Gasteiger partial charge in [-0.3, -0.25) is 14.2 Å². The molecule has 0 fully saturated rings. The standard InChI is InChI=1S/C25H21BrN2O5S/c1-4-18-21(24(31)32-3)22(15-8-6-5-7-9-15)28-23(30)20(34-25(28)27-18)13-16-12-17(26)10-11-19(16)33-14(2)29/h5-13,22H,4H2,1-3H3/b20-13+/t22-/m1/s1. The summed E-state index contributed by atoms with van der Waals surface area (Å²) in [4.78, 5) is 43.2. The number of hydrogen-bond acceptors (Lipinski definition) is 7. The summed E-state index contributed by atoms with van der Waals surface area (Å²) in [5.74, 6) is -0.642. The summed E-state index contributed by atoms with van der Waals surface area (Å²) >= 11 is 4.64. The number of fused-ring (bicyclic) bond motifs is 1. The zero-order chi connectivity index (χ0) is 24.4. The number of carbonyl (C=O) groups excluding carboxylic acids is 2. The molecule has 0 saturated heterocycles. The second-order valence-corrected chi connectivity index (χ2v) is 9.40. The van der Waals surface area contributed by atoms with Gasteiger partial charge in [0.15, 0.2) is 4.80 Å². The Bertz CT molecular complexity index is 1490. The summed E-state index contributed by atoms with van der Waals surface area (Å²) < 4.78 is 13.1. The van der Waals surface area contributed by atoms with E-state index in [1.54, 1.807) is 24.3 Å². The molecule has 0 spiro atoms. The van der Waals surface area contributed by atoms with Crippen LogP contribution in [-0.4, -0.2) is 23.6 Å². The third kappa shape index (κ3) is 4.53. The Balaban J connectivity index is 1.99. The Morgan fingerprint density at radius 3 is 2.59 bits per heavy atom. The lowest BCUT2D eigenvalue weighted by Crippen LogP contribution is -2.40. The third-order valence-corrected chi connectivity index (χ3v) is 6.75. The van der Waals surface area contributed by atoms with Gasteiger partial charge in [0.25, 0.3) is 5.56 Å². The van der Waals surface area contributed by atoms with Crippen LogP contribution in [0.4, 0.5) is 0 Å². The van der Waals surface area contributed by atoms with Gasteiger partial charge in [-0.1, -0.05) is 64.5 Å². The van der Waals surface area contributed by atoms with Gasteiger partial charge in [-0.15, -0.1) is 0 Å². The van der Waals surface area contributed by atoms with Crippen LogP contribution in [0.25, 0.3) is 6.08 Å². The van der Waals surface area contributed by atoms with Gasteiger partial charge in [0, 0.05) is 17.0 Å². The quantitative estimate of drug-likeness (QED) is 0.365. The number of carbonyl (C=O) groups is 2. The fraction of sp³-hybridized carbons (Fsp3) is 0.200. The molecule has 0 bridgehead atoms. The first-order valence-electron chi connectivity index (χ1n) is 10.5. The smallest absolute Gasteiger partial charge is 0.338 e. The average molecular weight is 541 g/mol. The van der Waals surface area contributed by atoms with E-state index < -0.39 is 18.0 Å². The number of nitrogens with zero attached hydrogens (tertiary/aromatic N) is 2. The Morgan fingerprint density at radius 1 is 1.21 bits per heavy atom. The maximum Gasteiger partial charge on any atom is 0.338 e. The van der Waals surface area contributed by atoms with Crippen LogP contribution in [0.5, 0.6) is 5.75 Å². The van der Waals surface area contributed by atoms with Gasteiger partial charge in [-0.25, -0.2) is 9.79 Å². The number of hydrogen-bond donors (Lipinski definition) is 0. The second-order valence-electron chi connectivity index (χ2n) is 7.47. The molecule has 3 aromatic rings. The van der Waals surface area contributed by atoms with E-state index in [9.17, 15) is 14.4 Å². The molecular weight excluding hydrogens is 520 g/mol. The number of thiazole rings is 1. The van der Waals surface area contributed by atoms with Gasteiger partial charge in [0.2, 0.25) is 0 Å². The van der Waals surface area contributed by atoms with Crippen molar-refractivity contribution in [3.8, 4) is 5.75 Å². The van der Waals surface area contributed by atoms with E-state index in [0.29, 0.717) is 38.3 Å². The van der Waals surface area contributed by atoms with E-state index in [1.165, 1.54) is 29.9 Å². The summed E-state index contributed by atoms with van der Waals surface area (Å²) in [5, 5.41) is 0. The van der Waals surface area contributed by atoms with Crippen molar-refractivity contribution in [1.29, 1.82) is 0 Å². The number of methoxy groups -OCH3 is 1. The van der Waals surface area contributed by atoms with E-state index in [2.05, 4.69) is 20.9 Å². The SMILES string of the molecule is CCC1=C(C(=O)OC)[C@@H](c2ccccc2)n2c(s/c(=C/c3cc(Br)ccc3OC(C)=O)c2=O)=N1. The molecule has 1 aliphatic rings. The van der Waals surface area contributed by atoms with Crippen LogP contribution in [0.15, 0.2) is 74.1 Å². The number of esters is 2. The summed E-state index contributed by atoms with van der Waals surface area (Å²) in [6.07, 6.45) is 2.17. The third-order valence-electron chi connectivity index (χ3n) is 5.28. The highest BCUT2D eigenvalue weighted by molar-refractivity contribution is 9.10. The monoisotopic (exact) mass is 540 g/mol. The maximum absolute atomic E-state index is 13.7. The summed E-state index contributed by atoms with van der Waals surface area (Å²) in [7, 11) is 1.32. The molecule has 1 aromatic heterocycles. The second kappa shape index (κ2) is 9.90. The highest BCUT2D eigenvalue weighted by atomic mass is 79.9. The van der Waals surface area contributed by atoms with Crippen LogP contribution in [0.2, 0.25) is 0 Å². The number of rotatable bonds is 5. The van der Waals surface area contributed by atoms with E-state index in [-0.39, 0.29) is 5.56 Å². The highest BCUT2D eigenvalue weighted by Crippen LogP contribution is 2.31. The highest BCUT2D eigenvalue weighted by Gasteiger charge is 2.33. The van der Waals surface area contributed by atoms with Crippen LogP contribution in [-0.2, 0) is 14.3 Å². The molecule has 1 atom stereocenters. The molecule has 0 N–H and O–H groups in total. The molecule has 0 radical (unpaired) electrons. The van der Waals surface area contributed by atoms with Gasteiger partial charge >= 0.3 is 11.9 Å². The minimum atomic E-state index is -0.669. The minimum absolute atomic E-state index is 0.303. The molecule has 1 aliphatic heterocycles. The number of allylic oxidation sites excluding steroid dienone is 1. The van der Waals surface area contributed by atoms with Crippen molar-refractivity contribution in [2.24, 2.45) is 4.99 Å². The van der Waals surface area contributed by atoms with Crippen molar-refractivity contribution in [2.75, 3.05) is 7.11 Å². The lowest BCUT2D eigenvalue weighted by Gasteiger charge is -2.25. The van der Waals surface area contributed by atoms with Crippen molar-refractivity contribution < 1.29 is 19.1 Å². The van der Waals surface area contributed by atoms with Crippen molar-refractivity contribution >= 4 is 45.3 Å². The molecule has 0 aliphatic carbocycles. The lowest BCUT2D eigenvalue weighted by molar-refractivity contribution is -0.136. The van der Waals surface area contributed by atoms with E-state index in [0.717, 1.165) is 10.0 Å². The molecular formula is C25H21BrN2O5S. The molecule has 174 valence electrons. The Labute approximate surface area is 207 Å². The summed E-state index contributed by atoms with van der Waals surface area (Å²) in [6.45, 7) is 3.23. The van der Waals surface area contributed by atoms with Crippen LogP contribution in [0.1, 0.15) is 37.4 Å². The van der Waals surface area contributed by atoms with E-state index >= 15 is 0 Å². The van der Waals surface area contributed by atoms with Gasteiger partial charge < -0.3 is 9.47 Å². The number of ether oxygens (including phenoxy) is 2. The molecule has 2 heterocycles. The largest absolute Gasteiger partial charge is 0.466 e. The molecule has 7 nitrogen and oxygen atoms in total. The minimum Gasteiger partial charge on any atom is -0.466 e. The number of aromatic nitrogens is 1. The van der Waals surface area contributed by atoms with E-state index in [1.807, 2.05) is 37.3 Å². The fourth-order valence-electron chi connectivity index (χ4n) is 3.84. The van der Waals surface area contributed by atoms with Crippen LogP contribution in [0.3, 0.4) is 0 Å². The molecule has 0 unspecified atom stereocenters. The van der Waals surface area contributed by atoms with Crippen molar-refractivity contribution in [3.05, 3.63) is 95.1 Å². The number of halogens is 1. The van der Waals surface area contributed by atoms with Crippen LogP contribution in [0, 0.1) is 0 Å². The lowest BCUT2D eigenvalue weighted by atomic mass is 9.95. The summed E-state index contributed by atoms with van der Waals surface area (Å²) in [5.41, 5.74) is 1.96. The maximum atomic E-state index is 13.7. The first-order chi connectivity index (χ1) is 16.3. The normalized spacial score (nSPS) is 15.5. The van der Waals surface area contributed by atoms with Gasteiger partial charge in [-0.2, -0.15) is 0 Å². The topological polar surface area (TPSA) is 87.0 Å². The predicted molar refractivity (Wildman–Crippen MR) is 132 cm³/mol. The zero-order valence-corrected chi connectivity index (χ0v) is 21.1. The molecule has 34 heavy (non-hydrogen) atoms. The fourth-order valence-corrected chi connectivity index (χ4v) is 5.23. The van der Waals surface area contributed by atoms with Crippen molar-refractivity contribution in [3.63, 3.8) is 0 Å².